The molecule has 176 valence electrons. The summed E-state index contributed by atoms with van der Waals surface area (Å²) in [4.78, 5) is 23.9. The number of likely N-dealkylation sites (tertiary alicyclic amines) is 1. The fourth-order valence-corrected chi connectivity index (χ4v) is 4.02. The van der Waals surface area contributed by atoms with Crippen LogP contribution in [0.4, 0.5) is 13.2 Å². The molecule has 1 amide bonds. The molecule has 9 nitrogen and oxygen atoms in total. The van der Waals surface area contributed by atoms with Gasteiger partial charge in [-0.05, 0) is 24.0 Å². The normalized spacial score (nSPS) is 23.2. The maximum Gasteiger partial charge on any atom is 0.490 e. The van der Waals surface area contributed by atoms with Crippen molar-refractivity contribution in [1.82, 2.24) is 20.0 Å². The summed E-state index contributed by atoms with van der Waals surface area (Å²) in [7, 11) is 1.93. The first-order chi connectivity index (χ1) is 15.1. The lowest BCUT2D eigenvalue weighted by Gasteiger charge is -2.31. The van der Waals surface area contributed by atoms with E-state index in [9.17, 15) is 18.0 Å². The molecule has 2 saturated heterocycles. The molecule has 0 radical (unpaired) electrons. The Morgan fingerprint density at radius 2 is 2.06 bits per heavy atom. The minimum absolute atomic E-state index is 0.0642. The van der Waals surface area contributed by atoms with Crippen LogP contribution in [-0.2, 0) is 34.5 Å². The molecule has 2 aliphatic rings. The van der Waals surface area contributed by atoms with Crippen LogP contribution in [0.15, 0.2) is 35.2 Å². The lowest BCUT2D eigenvalue weighted by atomic mass is 9.82. The number of aromatic nitrogens is 2. The Bertz CT molecular complexity index is 899. The number of rotatable bonds is 5. The van der Waals surface area contributed by atoms with Crippen LogP contribution in [0, 0.1) is 17.8 Å². The molecule has 2 aromatic heterocycles. The highest BCUT2D eigenvalue weighted by Crippen LogP contribution is 2.35. The molecule has 0 saturated carbocycles. The number of amides is 1. The molecular weight excluding hydrogens is 433 g/mol. The van der Waals surface area contributed by atoms with Crippen molar-refractivity contribution in [1.29, 1.82) is 0 Å². The molecule has 0 unspecified atom stereocenters. The second kappa shape index (κ2) is 10.2. The number of carboxylic acids is 1. The summed E-state index contributed by atoms with van der Waals surface area (Å²) in [5, 5.41) is 14.3. The van der Waals surface area contributed by atoms with E-state index in [1.54, 1.807) is 6.26 Å². The minimum Gasteiger partial charge on any atom is -0.475 e. The number of hydrogen-bond acceptors (Lipinski definition) is 6. The number of carbonyl (C=O) groups is 2. The monoisotopic (exact) mass is 458 g/mol. The Kier molecular flexibility index (Phi) is 7.56. The summed E-state index contributed by atoms with van der Waals surface area (Å²) >= 11 is 0. The van der Waals surface area contributed by atoms with E-state index >= 15 is 0 Å². The van der Waals surface area contributed by atoms with Crippen LogP contribution in [0.2, 0.25) is 0 Å². The van der Waals surface area contributed by atoms with Gasteiger partial charge >= 0.3 is 12.1 Å². The van der Waals surface area contributed by atoms with Gasteiger partial charge in [-0.25, -0.2) is 4.79 Å². The molecular formula is C20H25F3N4O5. The molecule has 2 aromatic rings. The SMILES string of the molecule is Cn1cc(CN2C[C@@H]3COC[C@@H](C(=O)NCc4ccco4)[C@@H]3C2)cn1.O=C(O)C(F)(F)F. The lowest BCUT2D eigenvalue weighted by Crippen LogP contribution is -2.44. The van der Waals surface area contributed by atoms with Gasteiger partial charge in [0.15, 0.2) is 0 Å². The summed E-state index contributed by atoms with van der Waals surface area (Å²) < 4.78 is 44.6. The smallest absolute Gasteiger partial charge is 0.475 e. The largest absolute Gasteiger partial charge is 0.490 e. The van der Waals surface area contributed by atoms with Crippen molar-refractivity contribution in [2.45, 2.75) is 19.3 Å². The van der Waals surface area contributed by atoms with E-state index in [0.717, 1.165) is 32.0 Å². The van der Waals surface area contributed by atoms with Gasteiger partial charge in [0.05, 0.1) is 38.1 Å². The van der Waals surface area contributed by atoms with Gasteiger partial charge in [0, 0.05) is 38.4 Å². The number of carbonyl (C=O) groups excluding carboxylic acids is 1. The molecule has 4 heterocycles. The summed E-state index contributed by atoms with van der Waals surface area (Å²) in [6.45, 7) is 4.46. The number of carboxylic acid groups (broad SMARTS) is 1. The highest BCUT2D eigenvalue weighted by molar-refractivity contribution is 5.79. The first kappa shape index (κ1) is 23.8. The van der Waals surface area contributed by atoms with E-state index in [0.29, 0.717) is 25.0 Å². The van der Waals surface area contributed by atoms with Gasteiger partial charge in [-0.2, -0.15) is 18.3 Å². The van der Waals surface area contributed by atoms with Crippen molar-refractivity contribution in [2.75, 3.05) is 26.3 Å². The third-order valence-corrected chi connectivity index (χ3v) is 5.47. The second-order valence-corrected chi connectivity index (χ2v) is 7.88. The average Bonchev–Trinajstić information content (AvgIpc) is 3.46. The fourth-order valence-electron chi connectivity index (χ4n) is 4.02. The number of hydrogen-bond donors (Lipinski definition) is 2. The number of fused-ring (bicyclic) bond motifs is 1. The molecule has 2 aliphatic heterocycles. The first-order valence-electron chi connectivity index (χ1n) is 10.0. The van der Waals surface area contributed by atoms with Gasteiger partial charge < -0.3 is 19.6 Å². The molecule has 0 spiro atoms. The van der Waals surface area contributed by atoms with Crippen LogP contribution in [0.5, 0.6) is 0 Å². The summed E-state index contributed by atoms with van der Waals surface area (Å²) in [5.74, 6) is -1.24. The van der Waals surface area contributed by atoms with E-state index in [-0.39, 0.29) is 11.8 Å². The molecule has 3 atom stereocenters. The van der Waals surface area contributed by atoms with Gasteiger partial charge in [-0.15, -0.1) is 0 Å². The number of ether oxygens (including phenoxy) is 1. The molecule has 2 fully saturated rings. The highest BCUT2D eigenvalue weighted by Gasteiger charge is 2.43. The lowest BCUT2D eigenvalue weighted by molar-refractivity contribution is -0.192. The van der Waals surface area contributed by atoms with Crippen molar-refractivity contribution >= 4 is 11.9 Å². The minimum atomic E-state index is -5.08. The fraction of sp³-hybridized carbons (Fsp3) is 0.550. The summed E-state index contributed by atoms with van der Waals surface area (Å²) in [6.07, 6.45) is 0.493. The summed E-state index contributed by atoms with van der Waals surface area (Å²) in [6, 6.07) is 3.69. The molecule has 32 heavy (non-hydrogen) atoms. The third-order valence-electron chi connectivity index (χ3n) is 5.47. The number of aliphatic carboxylic acids is 1. The standard InChI is InChI=1S/C18H24N4O3.C2HF3O2/c1-21-7-13(5-20-21)8-22-9-14-11-24-12-17(16(14)10-22)18(23)19-6-15-3-2-4-25-15;3-2(4,5)1(6)7/h2-5,7,14,16-17H,6,8-12H2,1H3,(H,19,23);(H,6,7)/t14-,16-,17-;/m1./s1. The van der Waals surface area contributed by atoms with Crippen LogP contribution in [-0.4, -0.2) is 64.1 Å². The van der Waals surface area contributed by atoms with Crippen LogP contribution in [0.3, 0.4) is 0 Å². The third kappa shape index (κ3) is 6.33. The number of furan rings is 1. The van der Waals surface area contributed by atoms with Crippen molar-refractivity contribution in [3.8, 4) is 0 Å². The maximum absolute atomic E-state index is 12.6. The van der Waals surface area contributed by atoms with Crippen molar-refractivity contribution < 1.29 is 37.0 Å². The Labute approximate surface area is 182 Å². The summed E-state index contributed by atoms with van der Waals surface area (Å²) in [5.41, 5.74) is 1.21. The zero-order chi connectivity index (χ0) is 23.3. The van der Waals surface area contributed by atoms with Gasteiger partial charge in [-0.1, -0.05) is 0 Å². The Balaban J connectivity index is 0.000000360. The molecule has 12 heteroatoms. The topological polar surface area (TPSA) is 110 Å². The van der Waals surface area contributed by atoms with Gasteiger partial charge in [0.25, 0.3) is 0 Å². The molecule has 0 bridgehead atoms. The van der Waals surface area contributed by atoms with Gasteiger partial charge in [0.2, 0.25) is 5.91 Å². The van der Waals surface area contributed by atoms with E-state index in [4.69, 9.17) is 19.1 Å². The molecule has 2 N–H and O–H groups in total. The van der Waals surface area contributed by atoms with Crippen LogP contribution < -0.4 is 5.32 Å². The van der Waals surface area contributed by atoms with Crippen molar-refractivity contribution in [3.05, 3.63) is 42.1 Å². The van der Waals surface area contributed by atoms with E-state index in [1.165, 1.54) is 5.56 Å². The number of nitrogens with zero attached hydrogens (tertiary/aromatic N) is 3. The Morgan fingerprint density at radius 3 is 2.66 bits per heavy atom. The quantitative estimate of drug-likeness (QED) is 0.701. The first-order valence-corrected chi connectivity index (χ1v) is 10.0. The van der Waals surface area contributed by atoms with E-state index < -0.39 is 12.1 Å². The van der Waals surface area contributed by atoms with Crippen LogP contribution in [0.25, 0.3) is 0 Å². The zero-order valence-electron chi connectivity index (χ0n) is 17.4. The molecule has 0 aliphatic carbocycles. The van der Waals surface area contributed by atoms with Crippen LogP contribution >= 0.6 is 0 Å². The predicted molar refractivity (Wildman–Crippen MR) is 104 cm³/mol. The number of nitrogens with one attached hydrogen (secondary N) is 1. The molecule has 4 rings (SSSR count). The molecule has 0 aromatic carbocycles. The number of aryl methyl sites for hydroxylation is 1. The van der Waals surface area contributed by atoms with Crippen molar-refractivity contribution in [3.63, 3.8) is 0 Å². The maximum atomic E-state index is 12.6. The van der Waals surface area contributed by atoms with Gasteiger partial charge in [-0.3, -0.25) is 14.4 Å². The zero-order valence-corrected chi connectivity index (χ0v) is 17.4. The van der Waals surface area contributed by atoms with E-state index in [1.807, 2.05) is 36.3 Å². The van der Waals surface area contributed by atoms with Crippen LogP contribution in [0.1, 0.15) is 11.3 Å². The second-order valence-electron chi connectivity index (χ2n) is 7.88. The highest BCUT2D eigenvalue weighted by atomic mass is 19.4. The van der Waals surface area contributed by atoms with E-state index in [2.05, 4.69) is 15.3 Å². The van der Waals surface area contributed by atoms with Gasteiger partial charge in [0.1, 0.15) is 5.76 Å². The average molecular weight is 458 g/mol. The Hall–Kier alpha value is -2.86. The Morgan fingerprint density at radius 1 is 1.31 bits per heavy atom. The van der Waals surface area contributed by atoms with Crippen molar-refractivity contribution in [2.24, 2.45) is 24.8 Å². The predicted octanol–water partition coefficient (Wildman–Crippen LogP) is 1.66. The number of halogens is 3. The number of alkyl halides is 3.